The van der Waals surface area contributed by atoms with Gasteiger partial charge in [-0.3, -0.25) is 0 Å². The second kappa shape index (κ2) is 8.48. The van der Waals surface area contributed by atoms with Crippen LogP contribution in [-0.2, 0) is 6.42 Å². The summed E-state index contributed by atoms with van der Waals surface area (Å²) >= 11 is 0. The average molecular weight is 411 g/mol. The molecule has 0 radical (unpaired) electrons. The summed E-state index contributed by atoms with van der Waals surface area (Å²) in [5.74, 6) is 0.835. The summed E-state index contributed by atoms with van der Waals surface area (Å²) in [6.45, 7) is 2.66. The monoisotopic (exact) mass is 410 g/mol. The molecule has 2 aliphatic carbocycles. The number of rotatable bonds is 5. The van der Waals surface area contributed by atoms with Crippen molar-refractivity contribution in [2.24, 2.45) is 0 Å². The highest BCUT2D eigenvalue weighted by Crippen LogP contribution is 2.31. The highest BCUT2D eigenvalue weighted by Gasteiger charge is 2.23. The molecule has 3 aromatic rings. The van der Waals surface area contributed by atoms with E-state index in [0.29, 0.717) is 18.3 Å². The van der Waals surface area contributed by atoms with Gasteiger partial charge in [-0.05, 0) is 53.3 Å². The van der Waals surface area contributed by atoms with E-state index in [2.05, 4.69) is 54.4 Å². The molecule has 4 heteroatoms. The highest BCUT2D eigenvalue weighted by atomic mass is 16.5. The van der Waals surface area contributed by atoms with Gasteiger partial charge in [-0.1, -0.05) is 61.6 Å². The van der Waals surface area contributed by atoms with Gasteiger partial charge in [-0.25, -0.2) is 4.98 Å². The fourth-order valence-corrected chi connectivity index (χ4v) is 4.20. The van der Waals surface area contributed by atoms with Crippen LogP contribution in [0.1, 0.15) is 42.6 Å². The lowest BCUT2D eigenvalue weighted by atomic mass is 9.93. The van der Waals surface area contributed by atoms with Crippen molar-refractivity contribution >= 4 is 16.8 Å². The molecule has 0 bridgehead atoms. The minimum Gasteiger partial charge on any atom is -0.478 e. The van der Waals surface area contributed by atoms with Gasteiger partial charge in [0.15, 0.2) is 0 Å². The predicted molar refractivity (Wildman–Crippen MR) is 125 cm³/mol. The Morgan fingerprint density at radius 3 is 2.81 bits per heavy atom. The molecule has 0 fully saturated rings. The fraction of sp³-hybridized carbons (Fsp3) is 0.259. The SMILES string of the molecule is CCCOc1cc(-c2ccc3cc4c(cc3c2)C=CCC4)nc(C2C=CC=CC2O)n1. The van der Waals surface area contributed by atoms with Crippen LogP contribution in [-0.4, -0.2) is 27.8 Å². The van der Waals surface area contributed by atoms with E-state index in [1.165, 1.54) is 21.9 Å². The number of aromatic nitrogens is 2. The minimum absolute atomic E-state index is 0.286. The van der Waals surface area contributed by atoms with Crippen LogP contribution in [0.3, 0.4) is 0 Å². The van der Waals surface area contributed by atoms with E-state index in [4.69, 9.17) is 9.72 Å². The fourth-order valence-electron chi connectivity index (χ4n) is 4.20. The van der Waals surface area contributed by atoms with Gasteiger partial charge < -0.3 is 9.84 Å². The van der Waals surface area contributed by atoms with Crippen LogP contribution in [0.2, 0.25) is 0 Å². The lowest BCUT2D eigenvalue weighted by Crippen LogP contribution is -2.19. The summed E-state index contributed by atoms with van der Waals surface area (Å²) in [5, 5.41) is 12.9. The molecule has 0 aliphatic heterocycles. The average Bonchev–Trinajstić information content (AvgIpc) is 2.81. The van der Waals surface area contributed by atoms with Gasteiger partial charge in [0.05, 0.1) is 24.3 Å². The van der Waals surface area contributed by atoms with E-state index in [1.807, 2.05) is 24.3 Å². The van der Waals surface area contributed by atoms with Gasteiger partial charge in [-0.15, -0.1) is 0 Å². The number of nitrogens with zero attached hydrogens (tertiary/aromatic N) is 2. The van der Waals surface area contributed by atoms with E-state index < -0.39 is 6.10 Å². The molecular weight excluding hydrogens is 384 g/mol. The number of fused-ring (bicyclic) bond motifs is 2. The summed E-state index contributed by atoms with van der Waals surface area (Å²) in [4.78, 5) is 9.43. The van der Waals surface area contributed by atoms with Crippen LogP contribution >= 0.6 is 0 Å². The maximum absolute atomic E-state index is 10.4. The Kier molecular flexibility index (Phi) is 5.39. The van der Waals surface area contributed by atoms with Crippen molar-refractivity contribution in [3.8, 4) is 17.1 Å². The quantitative estimate of drug-likeness (QED) is 0.593. The lowest BCUT2D eigenvalue weighted by Gasteiger charge is -2.19. The smallest absolute Gasteiger partial charge is 0.217 e. The molecule has 0 saturated heterocycles. The first-order valence-electron chi connectivity index (χ1n) is 11.0. The molecule has 2 atom stereocenters. The molecule has 31 heavy (non-hydrogen) atoms. The van der Waals surface area contributed by atoms with Crippen LogP contribution in [0.25, 0.3) is 28.1 Å². The third-order valence-corrected chi connectivity index (χ3v) is 5.85. The maximum atomic E-state index is 10.4. The molecule has 2 aromatic carbocycles. The number of aryl methyl sites for hydroxylation is 1. The summed E-state index contributed by atoms with van der Waals surface area (Å²) in [5.41, 5.74) is 4.53. The molecule has 0 spiro atoms. The predicted octanol–water partition coefficient (Wildman–Crippen LogP) is 5.62. The van der Waals surface area contributed by atoms with E-state index in [1.54, 1.807) is 6.08 Å². The first kappa shape index (κ1) is 19.7. The van der Waals surface area contributed by atoms with Gasteiger partial charge in [-0.2, -0.15) is 4.98 Å². The molecule has 2 aliphatic rings. The minimum atomic E-state index is -0.644. The first-order chi connectivity index (χ1) is 15.2. The van der Waals surface area contributed by atoms with Crippen LogP contribution in [0.5, 0.6) is 5.88 Å². The van der Waals surface area contributed by atoms with Crippen molar-refractivity contribution in [1.29, 1.82) is 0 Å². The van der Waals surface area contributed by atoms with Crippen molar-refractivity contribution in [2.75, 3.05) is 6.61 Å². The van der Waals surface area contributed by atoms with Crippen molar-refractivity contribution in [2.45, 2.75) is 38.2 Å². The number of benzene rings is 2. The molecule has 1 aromatic heterocycles. The van der Waals surface area contributed by atoms with Crippen LogP contribution in [0.15, 0.2) is 66.8 Å². The molecule has 1 N–H and O–H groups in total. The van der Waals surface area contributed by atoms with Gasteiger partial charge in [0.1, 0.15) is 5.82 Å². The Hall–Kier alpha value is -3.24. The van der Waals surface area contributed by atoms with E-state index in [9.17, 15) is 5.11 Å². The van der Waals surface area contributed by atoms with Gasteiger partial charge >= 0.3 is 0 Å². The highest BCUT2D eigenvalue weighted by molar-refractivity contribution is 5.90. The molecule has 2 unspecified atom stereocenters. The molecule has 5 rings (SSSR count). The summed E-state index contributed by atoms with van der Waals surface area (Å²) in [7, 11) is 0. The van der Waals surface area contributed by atoms with E-state index in [-0.39, 0.29) is 5.92 Å². The van der Waals surface area contributed by atoms with Crippen LogP contribution in [0, 0.1) is 0 Å². The standard InChI is InChI=1S/C27H26N2O2/c1-2-13-31-26-17-24(28-27(29-26)23-9-5-6-10-25(23)30)21-12-11-20-14-18-7-3-4-8-19(18)15-22(20)16-21/h4-6,8-12,14-17,23,25,30H,2-3,7,13H2,1H3. The Morgan fingerprint density at radius 2 is 1.94 bits per heavy atom. The van der Waals surface area contributed by atoms with Crippen molar-refractivity contribution in [3.05, 3.63) is 83.7 Å². The largest absolute Gasteiger partial charge is 0.478 e. The third-order valence-electron chi connectivity index (χ3n) is 5.85. The number of aliphatic hydroxyl groups is 1. The lowest BCUT2D eigenvalue weighted by molar-refractivity contribution is 0.201. The summed E-state index contributed by atoms with van der Waals surface area (Å²) < 4.78 is 5.86. The Labute approximate surface area is 182 Å². The second-order valence-electron chi connectivity index (χ2n) is 8.14. The number of hydrogen-bond acceptors (Lipinski definition) is 4. The summed E-state index contributed by atoms with van der Waals surface area (Å²) in [6.07, 6.45) is 14.4. The number of allylic oxidation sites excluding steroid dienone is 3. The second-order valence-corrected chi connectivity index (χ2v) is 8.14. The molecule has 1 heterocycles. The molecule has 156 valence electrons. The van der Waals surface area contributed by atoms with Crippen molar-refractivity contribution < 1.29 is 9.84 Å². The zero-order valence-electron chi connectivity index (χ0n) is 17.7. The summed E-state index contributed by atoms with van der Waals surface area (Å²) in [6, 6.07) is 12.9. The number of ether oxygens (including phenoxy) is 1. The Bertz CT molecular complexity index is 1210. The first-order valence-corrected chi connectivity index (χ1v) is 11.0. The number of hydrogen-bond donors (Lipinski definition) is 1. The number of aliphatic hydroxyl groups excluding tert-OH is 1. The topological polar surface area (TPSA) is 55.2 Å². The van der Waals surface area contributed by atoms with Gasteiger partial charge in [0.25, 0.3) is 0 Å². The Morgan fingerprint density at radius 1 is 1.03 bits per heavy atom. The van der Waals surface area contributed by atoms with Crippen LogP contribution in [0.4, 0.5) is 0 Å². The van der Waals surface area contributed by atoms with Gasteiger partial charge in [0.2, 0.25) is 5.88 Å². The third kappa shape index (κ3) is 4.04. The molecule has 4 nitrogen and oxygen atoms in total. The molecule has 0 amide bonds. The Balaban J connectivity index is 1.58. The molecular formula is C27H26N2O2. The van der Waals surface area contributed by atoms with E-state index >= 15 is 0 Å². The van der Waals surface area contributed by atoms with Crippen molar-refractivity contribution in [1.82, 2.24) is 9.97 Å². The van der Waals surface area contributed by atoms with Crippen molar-refractivity contribution in [3.63, 3.8) is 0 Å². The zero-order valence-corrected chi connectivity index (χ0v) is 17.7. The van der Waals surface area contributed by atoms with Gasteiger partial charge in [0, 0.05) is 11.6 Å². The zero-order chi connectivity index (χ0) is 21.2. The van der Waals surface area contributed by atoms with E-state index in [0.717, 1.165) is 30.5 Å². The van der Waals surface area contributed by atoms with Crippen LogP contribution < -0.4 is 4.74 Å². The normalized spacial score (nSPS) is 19.5. The maximum Gasteiger partial charge on any atom is 0.217 e. The molecule has 0 saturated carbocycles.